The van der Waals surface area contributed by atoms with Crippen molar-refractivity contribution >= 4 is 18.0 Å². The molecule has 0 aromatic carbocycles. The molecule has 0 spiro atoms. The van der Waals surface area contributed by atoms with Crippen molar-refractivity contribution in [3.63, 3.8) is 0 Å². The smallest absolute Gasteiger partial charge is 0.407 e. The van der Waals surface area contributed by atoms with Crippen LogP contribution in [0.2, 0.25) is 0 Å². The van der Waals surface area contributed by atoms with E-state index in [4.69, 9.17) is 19.9 Å². The number of alkyl halides is 2. The van der Waals surface area contributed by atoms with Crippen molar-refractivity contribution in [2.75, 3.05) is 25.4 Å². The molecule has 6 rings (SSSR count). The van der Waals surface area contributed by atoms with Gasteiger partial charge < -0.3 is 45.9 Å². The maximum absolute atomic E-state index is 14.7. The summed E-state index contributed by atoms with van der Waals surface area (Å²) in [6.45, 7) is 9.00. The molecule has 16 heteroatoms. The number of nitrogens with zero attached hydrogens (tertiary/aromatic N) is 2. The predicted octanol–water partition coefficient (Wildman–Crippen LogP) is 6.07. The molecule has 5 fully saturated rings. The number of anilines is 1. The standard InChI is InChI=1S/C44H65F2N5O9/c1-26(10-17-34(52)29-12-13-29)32-15-16-33-28(9-8-19-43(32,33)3)11-14-30-23-31(24-35(53)27(30)2)59-42(57)49-21-7-5-4-6-20-48-41(56)58-25-36-38(54)44(45,46)39(60-36)51-22-18-37(47)50-40(51)55/h11,14,18,22,26,29,31-36,38-39,52-54H,2,4-10,12-13,15-17,19-21,23-25H2,1,3H3,(H,48,56)(H,49,57)(H2,47,50,55)/b28-11+,30-14-/t26-,31?,32?,33?,34?,35-,36?,38?,39?,43+/m0/s1. The van der Waals surface area contributed by atoms with E-state index in [9.17, 15) is 38.5 Å². The minimum Gasteiger partial charge on any atom is -0.447 e. The Morgan fingerprint density at radius 3 is 2.52 bits per heavy atom. The summed E-state index contributed by atoms with van der Waals surface area (Å²) < 4.78 is 45.8. The molecule has 1 saturated heterocycles. The van der Waals surface area contributed by atoms with Crippen LogP contribution < -0.4 is 22.1 Å². The van der Waals surface area contributed by atoms with E-state index in [0.717, 1.165) is 56.4 Å². The van der Waals surface area contributed by atoms with Gasteiger partial charge in [-0.1, -0.05) is 51.0 Å². The summed E-state index contributed by atoms with van der Waals surface area (Å²) in [5.41, 5.74) is 7.64. The van der Waals surface area contributed by atoms with Gasteiger partial charge in [0, 0.05) is 32.1 Å². The third kappa shape index (κ3) is 11.0. The van der Waals surface area contributed by atoms with E-state index >= 15 is 0 Å². The number of aliphatic hydroxyl groups excluding tert-OH is 3. The van der Waals surface area contributed by atoms with Gasteiger partial charge in [0.1, 0.15) is 24.6 Å². The number of hydrogen-bond donors (Lipinski definition) is 6. The van der Waals surface area contributed by atoms with Crippen LogP contribution in [0.5, 0.6) is 0 Å². The van der Waals surface area contributed by atoms with Crippen LogP contribution in [-0.4, -0.2) is 93.2 Å². The van der Waals surface area contributed by atoms with E-state index in [0.29, 0.717) is 59.6 Å². The number of nitrogens with two attached hydrogens (primary N) is 1. The van der Waals surface area contributed by atoms with Crippen molar-refractivity contribution in [2.24, 2.45) is 29.1 Å². The molecule has 5 aliphatic rings. The van der Waals surface area contributed by atoms with Gasteiger partial charge in [-0.15, -0.1) is 0 Å². The van der Waals surface area contributed by atoms with E-state index in [1.165, 1.54) is 37.7 Å². The average molecular weight is 846 g/mol. The number of nitrogens with one attached hydrogen (secondary N) is 2. The Hall–Kier alpha value is -3.86. The van der Waals surface area contributed by atoms with Crippen LogP contribution in [0.1, 0.15) is 116 Å². The van der Waals surface area contributed by atoms with Gasteiger partial charge in [0.2, 0.25) is 6.23 Å². The topological polar surface area (TPSA) is 207 Å². The van der Waals surface area contributed by atoms with Gasteiger partial charge in [0.15, 0.2) is 6.10 Å². The van der Waals surface area contributed by atoms with Crippen LogP contribution >= 0.6 is 0 Å². The van der Waals surface area contributed by atoms with Crippen LogP contribution in [0, 0.1) is 29.1 Å². The Balaban J connectivity index is 0.857. The lowest BCUT2D eigenvalue weighted by molar-refractivity contribution is -0.140. The van der Waals surface area contributed by atoms with Gasteiger partial charge in [-0.2, -0.15) is 13.8 Å². The Labute approximate surface area is 351 Å². The van der Waals surface area contributed by atoms with Crippen molar-refractivity contribution in [3.05, 3.63) is 58.2 Å². The molecular weight excluding hydrogens is 781 g/mol. The van der Waals surface area contributed by atoms with E-state index < -0.39 is 61.0 Å². The summed E-state index contributed by atoms with van der Waals surface area (Å²) in [6.07, 6.45) is 10.2. The molecule has 7 unspecified atom stereocenters. The maximum atomic E-state index is 14.7. The number of halogens is 2. The lowest BCUT2D eigenvalue weighted by atomic mass is 9.60. The molecular formula is C44H65F2N5O9. The number of fused-ring (bicyclic) bond motifs is 1. The number of allylic oxidation sites excluding steroid dienone is 3. The Morgan fingerprint density at radius 2 is 1.82 bits per heavy atom. The highest BCUT2D eigenvalue weighted by molar-refractivity contribution is 5.67. The molecule has 1 aliphatic heterocycles. The Morgan fingerprint density at radius 1 is 1.10 bits per heavy atom. The lowest BCUT2D eigenvalue weighted by Crippen LogP contribution is -2.42. The number of rotatable bonds is 17. The fourth-order valence-corrected chi connectivity index (χ4v) is 10.2. The van der Waals surface area contributed by atoms with Gasteiger partial charge in [-0.3, -0.25) is 4.57 Å². The van der Waals surface area contributed by atoms with Crippen LogP contribution in [0.25, 0.3) is 0 Å². The fraction of sp³-hybridized carbons (Fsp3) is 0.727. The van der Waals surface area contributed by atoms with Crippen molar-refractivity contribution in [1.29, 1.82) is 0 Å². The Kier molecular flexibility index (Phi) is 15.1. The second kappa shape index (κ2) is 19.9. The summed E-state index contributed by atoms with van der Waals surface area (Å²) >= 11 is 0. The van der Waals surface area contributed by atoms with Crippen LogP contribution in [0.4, 0.5) is 24.2 Å². The summed E-state index contributed by atoms with van der Waals surface area (Å²) in [6, 6.07) is 1.14. The number of alkyl carbamates (subject to hydrolysis) is 2. The number of carbonyl (C=O) groups excluding carboxylic acids is 2. The van der Waals surface area contributed by atoms with E-state index in [2.05, 4.69) is 48.2 Å². The number of aliphatic hydroxyl groups is 3. The predicted molar refractivity (Wildman–Crippen MR) is 220 cm³/mol. The molecule has 2 heterocycles. The van der Waals surface area contributed by atoms with Gasteiger partial charge in [0.05, 0.1) is 12.2 Å². The van der Waals surface area contributed by atoms with Gasteiger partial charge in [-0.25, -0.2) is 14.4 Å². The quantitative estimate of drug-likeness (QED) is 0.0993. The SMILES string of the molecule is C=C1/C(=C\C=C2/CCC[C@@]3(C)C2CCC3[C@@H](C)CCC(O)C2CC2)CC(OC(=O)NCCCCCCNC(=O)OCC2OC(n3ccc(N)nc3=O)C(F)(F)C2O)C[C@@H]1O. The first-order valence-corrected chi connectivity index (χ1v) is 21.9. The zero-order chi connectivity index (χ0) is 43.2. The zero-order valence-corrected chi connectivity index (χ0v) is 35.0. The normalized spacial score (nSPS) is 32.4. The lowest BCUT2D eigenvalue weighted by Gasteiger charge is -2.44. The largest absolute Gasteiger partial charge is 0.447 e. The van der Waals surface area contributed by atoms with Gasteiger partial charge in [-0.05, 0) is 117 Å². The first-order valence-electron chi connectivity index (χ1n) is 21.9. The minimum atomic E-state index is -3.86. The monoisotopic (exact) mass is 845 g/mol. The highest BCUT2D eigenvalue weighted by Crippen LogP contribution is 2.60. The van der Waals surface area contributed by atoms with E-state index in [1.54, 1.807) is 0 Å². The molecule has 1 aromatic rings. The second-order valence-electron chi connectivity index (χ2n) is 18.1. The zero-order valence-electron chi connectivity index (χ0n) is 35.0. The van der Waals surface area contributed by atoms with Crippen molar-refractivity contribution < 1.29 is 47.9 Å². The first kappa shape index (κ1) is 45.7. The van der Waals surface area contributed by atoms with Gasteiger partial charge >= 0.3 is 23.8 Å². The molecule has 4 aliphatic carbocycles. The number of nitrogen functional groups attached to an aromatic ring is 1. The highest BCUT2D eigenvalue weighted by atomic mass is 19.3. The number of hydrogen-bond acceptors (Lipinski definition) is 11. The summed E-state index contributed by atoms with van der Waals surface area (Å²) in [5, 5.41) is 36.7. The molecule has 2 amide bonds. The summed E-state index contributed by atoms with van der Waals surface area (Å²) in [4.78, 5) is 40.3. The number of carbonyl (C=O) groups is 2. The third-order valence-corrected chi connectivity index (χ3v) is 13.8. The molecule has 10 atom stereocenters. The van der Waals surface area contributed by atoms with Crippen molar-refractivity contribution in [2.45, 2.75) is 153 Å². The average Bonchev–Trinajstić information content (AvgIpc) is 3.95. The number of aromatic nitrogens is 2. The van der Waals surface area contributed by atoms with Crippen LogP contribution in [-0.2, 0) is 14.2 Å². The molecule has 7 N–H and O–H groups in total. The molecule has 0 radical (unpaired) electrons. The van der Waals surface area contributed by atoms with Crippen molar-refractivity contribution in [1.82, 2.24) is 20.2 Å². The molecule has 4 saturated carbocycles. The first-order chi connectivity index (χ1) is 28.6. The fourth-order valence-electron chi connectivity index (χ4n) is 10.2. The number of ether oxygens (including phenoxy) is 3. The van der Waals surface area contributed by atoms with Crippen molar-refractivity contribution in [3.8, 4) is 0 Å². The molecule has 60 heavy (non-hydrogen) atoms. The highest BCUT2D eigenvalue weighted by Gasteiger charge is 2.60. The molecule has 334 valence electrons. The van der Waals surface area contributed by atoms with E-state index in [1.807, 2.05) is 0 Å². The summed E-state index contributed by atoms with van der Waals surface area (Å²) in [5.74, 6) is -1.73. The molecule has 0 bridgehead atoms. The van der Waals surface area contributed by atoms with Crippen LogP contribution in [0.15, 0.2) is 52.5 Å². The maximum Gasteiger partial charge on any atom is 0.407 e. The molecule has 14 nitrogen and oxygen atoms in total. The minimum absolute atomic E-state index is 0.138. The summed E-state index contributed by atoms with van der Waals surface area (Å²) in [7, 11) is 0. The second-order valence-corrected chi connectivity index (χ2v) is 18.1. The van der Waals surface area contributed by atoms with E-state index in [-0.39, 0.29) is 30.3 Å². The molecule has 1 aromatic heterocycles. The number of amides is 2. The Bertz CT molecular complexity index is 1800. The van der Waals surface area contributed by atoms with Crippen LogP contribution in [0.3, 0.4) is 0 Å². The van der Waals surface area contributed by atoms with Gasteiger partial charge in [0.25, 0.3) is 0 Å². The third-order valence-electron chi connectivity index (χ3n) is 13.8. The number of unbranched alkanes of at least 4 members (excludes halogenated alkanes) is 3.